The number of carbonyl (C=O) groups excluding carboxylic acids is 1. The zero-order chi connectivity index (χ0) is 15.2. The molecule has 0 radical (unpaired) electrons. The van der Waals surface area contributed by atoms with E-state index in [1.54, 1.807) is 18.2 Å². The van der Waals surface area contributed by atoms with E-state index in [0.717, 1.165) is 32.0 Å². The third-order valence-electron chi connectivity index (χ3n) is 3.53. The second-order valence-electron chi connectivity index (χ2n) is 4.98. The minimum Gasteiger partial charge on any atom is -0.496 e. The quantitative estimate of drug-likeness (QED) is 0.864. The maximum Gasteiger partial charge on any atom is 0.328 e. The van der Waals surface area contributed by atoms with Crippen LogP contribution in [0.2, 0.25) is 0 Å². The van der Waals surface area contributed by atoms with Crippen molar-refractivity contribution in [2.75, 3.05) is 20.2 Å². The standard InChI is InChI=1S/C16H19NO4/c1-21-14-7-5-13(11-12(14)6-8-15(18)19)16(20)17-9-3-2-4-10-17/h5-8,11H,2-4,9-10H2,1H3,(H,18,19). The molecular formula is C16H19NO4. The van der Waals surface area contributed by atoms with Crippen LogP contribution in [0.1, 0.15) is 35.2 Å². The number of carbonyl (C=O) groups is 2. The van der Waals surface area contributed by atoms with Gasteiger partial charge in [-0.15, -0.1) is 0 Å². The van der Waals surface area contributed by atoms with Crippen molar-refractivity contribution in [1.82, 2.24) is 4.90 Å². The van der Waals surface area contributed by atoms with Crippen LogP contribution < -0.4 is 4.74 Å². The Kier molecular flexibility index (Phi) is 4.98. The maximum atomic E-state index is 12.4. The molecule has 0 saturated carbocycles. The zero-order valence-corrected chi connectivity index (χ0v) is 12.0. The predicted octanol–water partition coefficient (Wildman–Crippen LogP) is 2.42. The summed E-state index contributed by atoms with van der Waals surface area (Å²) in [7, 11) is 1.51. The SMILES string of the molecule is COc1ccc(C(=O)N2CCCCC2)cc1C=CC(=O)O. The monoisotopic (exact) mass is 289 g/mol. The number of methoxy groups -OCH3 is 1. The number of hydrogen-bond acceptors (Lipinski definition) is 3. The predicted molar refractivity (Wildman–Crippen MR) is 79.4 cm³/mol. The van der Waals surface area contributed by atoms with Gasteiger partial charge in [-0.2, -0.15) is 0 Å². The lowest BCUT2D eigenvalue weighted by atomic mass is 10.1. The Bertz CT molecular complexity index is 559. The lowest BCUT2D eigenvalue weighted by Gasteiger charge is -2.27. The molecule has 2 rings (SSSR count). The van der Waals surface area contributed by atoms with Gasteiger partial charge in [0.25, 0.3) is 5.91 Å². The molecule has 21 heavy (non-hydrogen) atoms. The highest BCUT2D eigenvalue weighted by atomic mass is 16.5. The van der Waals surface area contributed by atoms with Gasteiger partial charge < -0.3 is 14.7 Å². The number of rotatable bonds is 4. The molecule has 0 unspecified atom stereocenters. The molecule has 5 heteroatoms. The van der Waals surface area contributed by atoms with Crippen molar-refractivity contribution in [3.05, 3.63) is 35.4 Å². The molecule has 112 valence electrons. The molecule has 1 amide bonds. The highest BCUT2D eigenvalue weighted by molar-refractivity contribution is 5.95. The largest absolute Gasteiger partial charge is 0.496 e. The summed E-state index contributed by atoms with van der Waals surface area (Å²) < 4.78 is 5.19. The van der Waals surface area contributed by atoms with Gasteiger partial charge in [0.05, 0.1) is 7.11 Å². The summed E-state index contributed by atoms with van der Waals surface area (Å²) in [5.41, 5.74) is 1.14. The number of amides is 1. The number of carboxylic acids is 1. The van der Waals surface area contributed by atoms with Gasteiger partial charge >= 0.3 is 5.97 Å². The molecule has 1 aromatic carbocycles. The molecule has 0 spiro atoms. The van der Waals surface area contributed by atoms with Crippen molar-refractivity contribution in [1.29, 1.82) is 0 Å². The van der Waals surface area contributed by atoms with Crippen LogP contribution in [0.4, 0.5) is 0 Å². The van der Waals surface area contributed by atoms with Gasteiger partial charge in [-0.1, -0.05) is 0 Å². The minimum atomic E-state index is -1.04. The van der Waals surface area contributed by atoms with E-state index in [0.29, 0.717) is 16.9 Å². The number of nitrogens with zero attached hydrogens (tertiary/aromatic N) is 1. The van der Waals surface area contributed by atoms with Crippen LogP contribution >= 0.6 is 0 Å². The molecular weight excluding hydrogens is 270 g/mol. The van der Waals surface area contributed by atoms with Crippen molar-refractivity contribution >= 4 is 18.0 Å². The Balaban J connectivity index is 2.25. The molecule has 1 aromatic rings. The topological polar surface area (TPSA) is 66.8 Å². The van der Waals surface area contributed by atoms with Gasteiger partial charge in [-0.25, -0.2) is 4.79 Å². The van der Waals surface area contributed by atoms with Crippen LogP contribution in [0.3, 0.4) is 0 Å². The number of carboxylic acid groups (broad SMARTS) is 1. The van der Waals surface area contributed by atoms with Crippen molar-refractivity contribution < 1.29 is 19.4 Å². The second kappa shape index (κ2) is 6.92. The van der Waals surface area contributed by atoms with Gasteiger partial charge in [0, 0.05) is 30.3 Å². The summed E-state index contributed by atoms with van der Waals surface area (Å²) in [5.74, 6) is -0.505. The van der Waals surface area contributed by atoms with E-state index >= 15 is 0 Å². The Morgan fingerprint density at radius 1 is 1.24 bits per heavy atom. The highest BCUT2D eigenvalue weighted by Crippen LogP contribution is 2.23. The summed E-state index contributed by atoms with van der Waals surface area (Å²) in [6.45, 7) is 1.57. The first-order valence-electron chi connectivity index (χ1n) is 7.00. The molecule has 1 N–H and O–H groups in total. The molecule has 1 aliphatic heterocycles. The zero-order valence-electron chi connectivity index (χ0n) is 12.0. The summed E-state index contributed by atoms with van der Waals surface area (Å²) in [6, 6.07) is 5.09. The fourth-order valence-corrected chi connectivity index (χ4v) is 2.44. The summed E-state index contributed by atoms with van der Waals surface area (Å²) in [6.07, 6.45) is 5.71. The summed E-state index contributed by atoms with van der Waals surface area (Å²) in [5, 5.41) is 8.72. The van der Waals surface area contributed by atoms with E-state index in [1.165, 1.54) is 19.6 Å². The van der Waals surface area contributed by atoms with E-state index in [-0.39, 0.29) is 5.91 Å². The van der Waals surface area contributed by atoms with Crippen LogP contribution in [0.5, 0.6) is 5.75 Å². The number of hydrogen-bond donors (Lipinski definition) is 1. The van der Waals surface area contributed by atoms with E-state index in [4.69, 9.17) is 9.84 Å². The smallest absolute Gasteiger partial charge is 0.328 e. The first-order valence-corrected chi connectivity index (χ1v) is 7.00. The number of aliphatic carboxylic acids is 1. The van der Waals surface area contributed by atoms with E-state index in [2.05, 4.69) is 0 Å². The summed E-state index contributed by atoms with van der Waals surface area (Å²) in [4.78, 5) is 24.9. The van der Waals surface area contributed by atoms with Crippen LogP contribution in [-0.4, -0.2) is 42.1 Å². The van der Waals surface area contributed by atoms with Crippen LogP contribution in [0.15, 0.2) is 24.3 Å². The molecule has 0 bridgehead atoms. The first kappa shape index (κ1) is 15.1. The van der Waals surface area contributed by atoms with Gasteiger partial charge in [-0.3, -0.25) is 4.79 Å². The second-order valence-corrected chi connectivity index (χ2v) is 4.98. The lowest BCUT2D eigenvalue weighted by molar-refractivity contribution is -0.131. The Morgan fingerprint density at radius 3 is 2.57 bits per heavy atom. The van der Waals surface area contributed by atoms with E-state index in [1.807, 2.05) is 4.90 Å². The Morgan fingerprint density at radius 2 is 1.95 bits per heavy atom. The van der Waals surface area contributed by atoms with Gasteiger partial charge in [0.1, 0.15) is 5.75 Å². The fourth-order valence-electron chi connectivity index (χ4n) is 2.44. The first-order chi connectivity index (χ1) is 10.1. The molecule has 1 saturated heterocycles. The van der Waals surface area contributed by atoms with Crippen molar-refractivity contribution in [2.45, 2.75) is 19.3 Å². The van der Waals surface area contributed by atoms with Crippen molar-refractivity contribution in [3.8, 4) is 5.75 Å². The molecule has 0 aliphatic carbocycles. The van der Waals surface area contributed by atoms with Gasteiger partial charge in [0.15, 0.2) is 0 Å². The minimum absolute atomic E-state index is 0.0117. The molecule has 0 atom stereocenters. The van der Waals surface area contributed by atoms with Crippen LogP contribution in [0, 0.1) is 0 Å². The number of ether oxygens (including phenoxy) is 1. The Hall–Kier alpha value is -2.30. The average Bonchev–Trinajstić information content (AvgIpc) is 2.52. The number of benzene rings is 1. The Labute approximate surface area is 123 Å². The van der Waals surface area contributed by atoms with Gasteiger partial charge in [-0.05, 0) is 43.5 Å². The molecule has 1 aliphatic rings. The third kappa shape index (κ3) is 3.84. The average molecular weight is 289 g/mol. The molecule has 0 aromatic heterocycles. The lowest BCUT2D eigenvalue weighted by Crippen LogP contribution is -2.35. The highest BCUT2D eigenvalue weighted by Gasteiger charge is 2.18. The van der Waals surface area contributed by atoms with Crippen molar-refractivity contribution in [2.24, 2.45) is 0 Å². The molecule has 5 nitrogen and oxygen atoms in total. The maximum absolute atomic E-state index is 12.4. The fraction of sp³-hybridized carbons (Fsp3) is 0.375. The van der Waals surface area contributed by atoms with Gasteiger partial charge in [0.2, 0.25) is 0 Å². The molecule has 1 fully saturated rings. The normalized spacial score (nSPS) is 15.2. The molecule has 1 heterocycles. The number of piperidine rings is 1. The summed E-state index contributed by atoms with van der Waals surface area (Å²) >= 11 is 0. The van der Waals surface area contributed by atoms with E-state index in [9.17, 15) is 9.59 Å². The van der Waals surface area contributed by atoms with Crippen LogP contribution in [-0.2, 0) is 4.79 Å². The van der Waals surface area contributed by atoms with Crippen LogP contribution in [0.25, 0.3) is 6.08 Å². The van der Waals surface area contributed by atoms with E-state index < -0.39 is 5.97 Å². The number of likely N-dealkylation sites (tertiary alicyclic amines) is 1. The third-order valence-corrected chi connectivity index (χ3v) is 3.53. The van der Waals surface area contributed by atoms with Crippen molar-refractivity contribution in [3.63, 3.8) is 0 Å².